The van der Waals surface area contributed by atoms with E-state index < -0.39 is 10.0 Å². The average Bonchev–Trinajstić information content (AvgIpc) is 2.89. The first-order chi connectivity index (χ1) is 9.94. The molecule has 2 rings (SSSR count). The molecule has 0 bridgehead atoms. The molecule has 6 nitrogen and oxygen atoms in total. The minimum absolute atomic E-state index is 0.000470. The Kier molecular flexibility index (Phi) is 5.10. The first-order valence-electron chi connectivity index (χ1n) is 6.15. The van der Waals surface area contributed by atoms with Crippen molar-refractivity contribution in [3.63, 3.8) is 0 Å². The van der Waals surface area contributed by atoms with Crippen LogP contribution in [0.4, 0.5) is 5.69 Å². The molecule has 0 spiro atoms. The van der Waals surface area contributed by atoms with E-state index in [2.05, 4.69) is 20.2 Å². The maximum Gasteiger partial charge on any atom is 0.279 e. The molecular weight excluding hydrogens is 335 g/mol. The van der Waals surface area contributed by atoms with Crippen LogP contribution < -0.4 is 10.0 Å². The molecule has 0 unspecified atom stereocenters. The number of aromatic amines is 1. The first kappa shape index (κ1) is 16.1. The highest BCUT2D eigenvalue weighted by Crippen LogP contribution is 2.27. The fourth-order valence-corrected chi connectivity index (χ4v) is 3.29. The minimum Gasteiger partial charge on any atom is -0.313 e. The van der Waals surface area contributed by atoms with Crippen LogP contribution in [0.5, 0.6) is 0 Å². The largest absolute Gasteiger partial charge is 0.313 e. The molecule has 0 fully saturated rings. The van der Waals surface area contributed by atoms with Crippen LogP contribution in [0.2, 0.25) is 10.0 Å². The number of halogens is 2. The zero-order valence-electron chi connectivity index (χ0n) is 11.2. The summed E-state index contributed by atoms with van der Waals surface area (Å²) in [5.41, 5.74) is 0.760. The summed E-state index contributed by atoms with van der Waals surface area (Å²) in [6.45, 7) is 3.04. The molecule has 3 N–H and O–H groups in total. The summed E-state index contributed by atoms with van der Waals surface area (Å²) in [4.78, 5) is 0. The molecule has 1 aromatic heterocycles. The molecule has 0 amide bonds. The summed E-state index contributed by atoms with van der Waals surface area (Å²) in [6, 6.07) is 4.55. The number of nitrogens with zero attached hydrogens (tertiary/aromatic N) is 1. The lowest BCUT2D eigenvalue weighted by Crippen LogP contribution is -2.18. The van der Waals surface area contributed by atoms with Crippen LogP contribution in [-0.2, 0) is 16.6 Å². The smallest absolute Gasteiger partial charge is 0.279 e. The van der Waals surface area contributed by atoms with E-state index in [0.717, 1.165) is 6.54 Å². The maximum absolute atomic E-state index is 12.4. The normalized spacial score (nSPS) is 11.6. The van der Waals surface area contributed by atoms with Crippen LogP contribution >= 0.6 is 23.2 Å². The summed E-state index contributed by atoms with van der Waals surface area (Å²) in [5, 5.41) is 9.96. The molecular formula is C12H14Cl2N4O2S. The molecule has 0 saturated heterocycles. The van der Waals surface area contributed by atoms with Gasteiger partial charge in [0.25, 0.3) is 10.0 Å². The van der Waals surface area contributed by atoms with Crippen LogP contribution in [0.3, 0.4) is 0 Å². The van der Waals surface area contributed by atoms with Crippen molar-refractivity contribution in [2.24, 2.45) is 0 Å². The molecule has 0 saturated carbocycles. The molecule has 0 aliphatic carbocycles. The molecule has 0 aliphatic heterocycles. The van der Waals surface area contributed by atoms with Crippen molar-refractivity contribution in [2.75, 3.05) is 11.3 Å². The van der Waals surface area contributed by atoms with E-state index in [1.807, 2.05) is 6.92 Å². The van der Waals surface area contributed by atoms with Crippen molar-refractivity contribution in [1.82, 2.24) is 15.5 Å². The Morgan fingerprint density at radius 3 is 2.81 bits per heavy atom. The first-order valence-corrected chi connectivity index (χ1v) is 8.38. The molecule has 1 heterocycles. The number of hydrogen-bond acceptors (Lipinski definition) is 4. The average molecular weight is 349 g/mol. The third kappa shape index (κ3) is 3.88. The Labute approximate surface area is 132 Å². The summed E-state index contributed by atoms with van der Waals surface area (Å²) < 4.78 is 27.2. The van der Waals surface area contributed by atoms with Gasteiger partial charge in [0, 0.05) is 17.1 Å². The van der Waals surface area contributed by atoms with Crippen LogP contribution in [-0.4, -0.2) is 25.2 Å². The van der Waals surface area contributed by atoms with Crippen molar-refractivity contribution in [1.29, 1.82) is 0 Å². The van der Waals surface area contributed by atoms with Crippen molar-refractivity contribution >= 4 is 38.9 Å². The van der Waals surface area contributed by atoms with Gasteiger partial charge in [0.05, 0.1) is 16.9 Å². The quantitative estimate of drug-likeness (QED) is 0.748. The van der Waals surface area contributed by atoms with Gasteiger partial charge in [-0.05, 0) is 24.7 Å². The van der Waals surface area contributed by atoms with E-state index in [9.17, 15) is 8.42 Å². The number of rotatable bonds is 6. The lowest BCUT2D eigenvalue weighted by Gasteiger charge is -2.10. The van der Waals surface area contributed by atoms with E-state index in [4.69, 9.17) is 23.2 Å². The summed E-state index contributed by atoms with van der Waals surface area (Å²) >= 11 is 11.8. The Hall–Kier alpha value is -1.28. The van der Waals surface area contributed by atoms with Gasteiger partial charge in [-0.15, -0.1) is 0 Å². The van der Waals surface area contributed by atoms with E-state index in [1.165, 1.54) is 18.3 Å². The highest BCUT2D eigenvalue weighted by molar-refractivity contribution is 7.92. The Morgan fingerprint density at radius 2 is 2.10 bits per heavy atom. The van der Waals surface area contributed by atoms with E-state index in [1.54, 1.807) is 6.07 Å². The molecule has 9 heteroatoms. The van der Waals surface area contributed by atoms with Gasteiger partial charge in [-0.1, -0.05) is 30.1 Å². The minimum atomic E-state index is -3.82. The standard InChI is InChI=1S/C12H14Cl2N4O2S/c1-2-15-6-8-7-16-17-12(8)21(19,20)18-11-5-9(13)3-4-10(11)14/h3-5,7,15,18H,2,6H2,1H3,(H,16,17). The fraction of sp³-hybridized carbons (Fsp3) is 0.250. The van der Waals surface area contributed by atoms with Crippen LogP contribution in [0.15, 0.2) is 29.4 Å². The van der Waals surface area contributed by atoms with Gasteiger partial charge in [0.15, 0.2) is 5.03 Å². The molecule has 1 aromatic carbocycles. The number of nitrogens with one attached hydrogen (secondary N) is 3. The highest BCUT2D eigenvalue weighted by Gasteiger charge is 2.21. The van der Waals surface area contributed by atoms with Crippen molar-refractivity contribution in [3.8, 4) is 0 Å². The third-order valence-electron chi connectivity index (χ3n) is 2.69. The highest BCUT2D eigenvalue weighted by atomic mass is 35.5. The SMILES string of the molecule is CCNCc1cn[nH]c1S(=O)(=O)Nc1cc(Cl)ccc1Cl. The zero-order chi connectivity index (χ0) is 15.5. The second kappa shape index (κ2) is 6.65. The molecule has 0 aliphatic rings. The van der Waals surface area contributed by atoms with Gasteiger partial charge in [0.1, 0.15) is 0 Å². The lowest BCUT2D eigenvalue weighted by atomic mass is 10.3. The summed E-state index contributed by atoms with van der Waals surface area (Å²) in [5.74, 6) is 0. The number of sulfonamides is 1. The fourth-order valence-electron chi connectivity index (χ4n) is 1.69. The van der Waals surface area contributed by atoms with Crippen molar-refractivity contribution < 1.29 is 8.42 Å². The number of H-pyrrole nitrogens is 1. The molecule has 2 aromatic rings. The second-order valence-electron chi connectivity index (χ2n) is 4.23. The monoisotopic (exact) mass is 348 g/mol. The topological polar surface area (TPSA) is 86.9 Å². The van der Waals surface area contributed by atoms with E-state index in [-0.39, 0.29) is 15.7 Å². The number of hydrogen-bond donors (Lipinski definition) is 3. The molecule has 114 valence electrons. The predicted molar refractivity (Wildman–Crippen MR) is 83.2 cm³/mol. The van der Waals surface area contributed by atoms with Crippen LogP contribution in [0, 0.1) is 0 Å². The third-order valence-corrected chi connectivity index (χ3v) is 4.63. The number of anilines is 1. The van der Waals surface area contributed by atoms with Crippen molar-refractivity contribution in [2.45, 2.75) is 18.5 Å². The molecule has 0 radical (unpaired) electrons. The molecule has 0 atom stereocenters. The van der Waals surface area contributed by atoms with Crippen molar-refractivity contribution in [3.05, 3.63) is 40.0 Å². The lowest BCUT2D eigenvalue weighted by molar-refractivity contribution is 0.594. The summed E-state index contributed by atoms with van der Waals surface area (Å²) in [7, 11) is -3.82. The van der Waals surface area contributed by atoms with Gasteiger partial charge >= 0.3 is 0 Å². The van der Waals surface area contributed by atoms with Crippen LogP contribution in [0.1, 0.15) is 12.5 Å². The second-order valence-corrected chi connectivity index (χ2v) is 6.70. The maximum atomic E-state index is 12.4. The van der Waals surface area contributed by atoms with Gasteiger partial charge in [-0.2, -0.15) is 13.5 Å². The predicted octanol–water partition coefficient (Wildman–Crippen LogP) is 2.63. The Morgan fingerprint density at radius 1 is 1.33 bits per heavy atom. The van der Waals surface area contributed by atoms with Gasteiger partial charge < -0.3 is 5.32 Å². The summed E-state index contributed by atoms with van der Waals surface area (Å²) in [6.07, 6.45) is 1.47. The van der Waals surface area contributed by atoms with Crippen LogP contribution in [0.25, 0.3) is 0 Å². The molecule has 21 heavy (non-hydrogen) atoms. The van der Waals surface area contributed by atoms with Gasteiger partial charge in [0.2, 0.25) is 0 Å². The number of aromatic nitrogens is 2. The zero-order valence-corrected chi connectivity index (χ0v) is 13.5. The van der Waals surface area contributed by atoms with Gasteiger partial charge in [-0.25, -0.2) is 0 Å². The Balaban J connectivity index is 2.30. The Bertz CT molecular complexity index is 731. The van der Waals surface area contributed by atoms with Gasteiger partial charge in [-0.3, -0.25) is 9.82 Å². The van der Waals surface area contributed by atoms with E-state index >= 15 is 0 Å². The number of benzene rings is 1. The van der Waals surface area contributed by atoms with E-state index in [0.29, 0.717) is 17.1 Å².